The fraction of sp³-hybridized carbons (Fsp3) is 0.375. The summed E-state index contributed by atoms with van der Waals surface area (Å²) < 4.78 is 25.1. The minimum Gasteiger partial charge on any atom is -0.473 e. The molecular weight excluding hydrogens is 397 g/mol. The van der Waals surface area contributed by atoms with Crippen molar-refractivity contribution in [2.45, 2.75) is 45.8 Å². The van der Waals surface area contributed by atoms with Crippen LogP contribution >= 0.6 is 0 Å². The Morgan fingerprint density at radius 3 is 2.65 bits per heavy atom. The summed E-state index contributed by atoms with van der Waals surface area (Å²) in [6.07, 6.45) is 3.11. The average Bonchev–Trinajstić information content (AvgIpc) is 2.72. The van der Waals surface area contributed by atoms with E-state index in [4.69, 9.17) is 16.0 Å². The molecule has 1 saturated heterocycles. The third-order valence-electron chi connectivity index (χ3n) is 4.71. The van der Waals surface area contributed by atoms with E-state index >= 15 is 0 Å². The lowest BCUT2D eigenvalue weighted by atomic mass is 10.0. The molecule has 3 rings (SSSR count). The van der Waals surface area contributed by atoms with Crippen molar-refractivity contribution < 1.29 is 18.7 Å². The van der Waals surface area contributed by atoms with Gasteiger partial charge in [0.2, 0.25) is 5.88 Å². The first kappa shape index (κ1) is 22.3. The van der Waals surface area contributed by atoms with Crippen LogP contribution in [0.1, 0.15) is 39.2 Å². The number of hydrogen-bond acceptors (Lipinski definition) is 5. The van der Waals surface area contributed by atoms with Gasteiger partial charge in [-0.05, 0) is 45.7 Å². The zero-order chi connectivity index (χ0) is 22.4. The molecule has 2 heterocycles. The van der Waals surface area contributed by atoms with Gasteiger partial charge in [-0.1, -0.05) is 23.8 Å². The smallest absolute Gasteiger partial charge is 0.331 e. The molecule has 0 saturated carbocycles. The molecule has 0 aliphatic carbocycles. The number of benzene rings is 1. The van der Waals surface area contributed by atoms with E-state index in [-0.39, 0.29) is 18.3 Å². The molecule has 0 N–H and O–H groups in total. The van der Waals surface area contributed by atoms with Crippen molar-refractivity contribution in [2.75, 3.05) is 18.0 Å². The largest absolute Gasteiger partial charge is 0.473 e. The van der Waals surface area contributed by atoms with Gasteiger partial charge in [0.05, 0.1) is 6.57 Å². The molecule has 1 aromatic carbocycles. The normalized spacial score (nSPS) is 14.0. The van der Waals surface area contributed by atoms with Crippen LogP contribution in [0.15, 0.2) is 48.0 Å². The van der Waals surface area contributed by atoms with E-state index in [0.29, 0.717) is 11.4 Å². The Balaban J connectivity index is 1.57. The Kier molecular flexibility index (Phi) is 6.91. The molecule has 6 nitrogen and oxygen atoms in total. The molecular formula is C24H26FN3O3. The van der Waals surface area contributed by atoms with Crippen LogP contribution in [0.25, 0.3) is 4.85 Å². The van der Waals surface area contributed by atoms with Gasteiger partial charge in [0.25, 0.3) is 0 Å². The number of aromatic nitrogens is 1. The number of carbonyl (C=O) groups is 1. The molecule has 0 bridgehead atoms. The minimum atomic E-state index is -0.499. The minimum absolute atomic E-state index is 0.0311. The number of hydrogen-bond donors (Lipinski definition) is 0. The molecule has 31 heavy (non-hydrogen) atoms. The Hall–Kier alpha value is -3.40. The van der Waals surface area contributed by atoms with Gasteiger partial charge in [0.15, 0.2) is 5.69 Å². The number of pyridine rings is 1. The molecule has 162 valence electrons. The number of halogens is 1. The highest BCUT2D eigenvalue weighted by molar-refractivity contribution is 5.83. The van der Waals surface area contributed by atoms with E-state index in [2.05, 4.69) is 14.7 Å². The van der Waals surface area contributed by atoms with E-state index in [1.54, 1.807) is 24.3 Å². The van der Waals surface area contributed by atoms with Crippen LogP contribution in [-0.2, 0) is 16.1 Å². The summed E-state index contributed by atoms with van der Waals surface area (Å²) in [5.41, 5.74) is 1.19. The maximum absolute atomic E-state index is 14.0. The Labute approximate surface area is 182 Å². The van der Waals surface area contributed by atoms with E-state index in [9.17, 15) is 9.18 Å². The highest BCUT2D eigenvalue weighted by atomic mass is 19.1. The summed E-state index contributed by atoms with van der Waals surface area (Å²) in [6.45, 7) is 14.0. The molecule has 2 aromatic rings. The van der Waals surface area contributed by atoms with Gasteiger partial charge in [0, 0.05) is 30.8 Å². The monoisotopic (exact) mass is 423 g/mol. The lowest BCUT2D eigenvalue weighted by Gasteiger charge is -2.29. The van der Waals surface area contributed by atoms with Crippen molar-refractivity contribution in [3.05, 3.63) is 70.8 Å². The number of carbonyl (C=O) groups excluding carboxylic acids is 1. The second kappa shape index (κ2) is 9.61. The van der Waals surface area contributed by atoms with Crippen molar-refractivity contribution in [1.82, 2.24) is 4.98 Å². The van der Waals surface area contributed by atoms with Crippen LogP contribution in [0.5, 0.6) is 5.88 Å². The van der Waals surface area contributed by atoms with E-state index in [0.717, 1.165) is 37.3 Å². The Morgan fingerprint density at radius 1 is 1.26 bits per heavy atom. The topological polar surface area (TPSA) is 56.0 Å². The van der Waals surface area contributed by atoms with E-state index in [1.165, 1.54) is 6.07 Å². The standard InChI is InChI=1S/C24H26FN3O3/c1-24(2,3)31-23(29)14-17-10-12-28(13-11-17)21-6-5-7-22(27-21)30-16-18-8-9-19(26-4)15-20(18)25/h5-9,14-15H,10-13,16H2,1-3H3. The molecule has 1 aliphatic heterocycles. The van der Waals surface area contributed by atoms with Gasteiger partial charge in [-0.2, -0.15) is 4.98 Å². The summed E-state index contributed by atoms with van der Waals surface area (Å²) in [4.78, 5) is 21.9. The Morgan fingerprint density at radius 2 is 2.00 bits per heavy atom. The highest BCUT2D eigenvalue weighted by Crippen LogP contribution is 2.24. The van der Waals surface area contributed by atoms with Gasteiger partial charge in [-0.3, -0.25) is 0 Å². The van der Waals surface area contributed by atoms with Crippen LogP contribution in [0.2, 0.25) is 0 Å². The number of rotatable bonds is 5. The molecule has 0 amide bonds. The van der Waals surface area contributed by atoms with Crippen LogP contribution < -0.4 is 9.64 Å². The number of nitrogens with zero attached hydrogens (tertiary/aromatic N) is 3. The number of anilines is 1. The van der Waals surface area contributed by atoms with Crippen molar-refractivity contribution in [1.29, 1.82) is 0 Å². The summed E-state index contributed by atoms with van der Waals surface area (Å²) in [5, 5.41) is 0. The molecule has 1 aromatic heterocycles. The first-order valence-electron chi connectivity index (χ1n) is 10.2. The second-order valence-electron chi connectivity index (χ2n) is 8.33. The molecule has 0 spiro atoms. The Bertz CT molecular complexity index is 1010. The molecule has 1 fully saturated rings. The van der Waals surface area contributed by atoms with Gasteiger partial charge in [-0.15, -0.1) is 0 Å². The van der Waals surface area contributed by atoms with Gasteiger partial charge < -0.3 is 14.4 Å². The zero-order valence-electron chi connectivity index (χ0n) is 18.0. The fourth-order valence-corrected chi connectivity index (χ4v) is 3.20. The molecule has 0 unspecified atom stereocenters. The third-order valence-corrected chi connectivity index (χ3v) is 4.71. The van der Waals surface area contributed by atoms with Gasteiger partial charge in [-0.25, -0.2) is 14.0 Å². The van der Waals surface area contributed by atoms with Gasteiger partial charge >= 0.3 is 5.97 Å². The first-order chi connectivity index (χ1) is 14.7. The van der Waals surface area contributed by atoms with Crippen LogP contribution in [0.3, 0.4) is 0 Å². The van der Waals surface area contributed by atoms with Gasteiger partial charge in [0.1, 0.15) is 23.8 Å². The maximum Gasteiger partial charge on any atom is 0.331 e. The van der Waals surface area contributed by atoms with Crippen LogP contribution in [0.4, 0.5) is 15.9 Å². The lowest BCUT2D eigenvalue weighted by molar-refractivity contribution is -0.148. The summed E-state index contributed by atoms with van der Waals surface area (Å²) in [7, 11) is 0. The van der Waals surface area contributed by atoms with Crippen molar-refractivity contribution >= 4 is 17.5 Å². The molecule has 1 aliphatic rings. The van der Waals surface area contributed by atoms with Crippen LogP contribution in [-0.4, -0.2) is 29.6 Å². The quantitative estimate of drug-likeness (QED) is 0.375. The van der Waals surface area contributed by atoms with Crippen molar-refractivity contribution in [3.8, 4) is 5.88 Å². The SMILES string of the molecule is [C-]#[N+]c1ccc(COc2cccc(N3CCC(=CC(=O)OC(C)(C)C)CC3)n2)c(F)c1. The van der Waals surface area contributed by atoms with E-state index in [1.807, 2.05) is 32.9 Å². The van der Waals surface area contributed by atoms with Crippen molar-refractivity contribution in [3.63, 3.8) is 0 Å². The molecule has 7 heteroatoms. The van der Waals surface area contributed by atoms with Crippen molar-refractivity contribution in [2.24, 2.45) is 0 Å². The summed E-state index contributed by atoms with van der Waals surface area (Å²) in [5.74, 6) is 0.407. The first-order valence-corrected chi connectivity index (χ1v) is 10.2. The number of esters is 1. The third kappa shape index (κ3) is 6.54. The number of piperidine rings is 1. The van der Waals surface area contributed by atoms with E-state index < -0.39 is 11.4 Å². The highest BCUT2D eigenvalue weighted by Gasteiger charge is 2.19. The van der Waals surface area contributed by atoms with Crippen LogP contribution in [0, 0.1) is 12.4 Å². The lowest BCUT2D eigenvalue weighted by Crippen LogP contribution is -2.31. The maximum atomic E-state index is 14.0. The average molecular weight is 423 g/mol. The fourth-order valence-electron chi connectivity index (χ4n) is 3.20. The summed E-state index contributed by atoms with van der Waals surface area (Å²) >= 11 is 0. The second-order valence-corrected chi connectivity index (χ2v) is 8.33. The molecule has 0 radical (unpaired) electrons. The predicted molar refractivity (Wildman–Crippen MR) is 117 cm³/mol. The predicted octanol–water partition coefficient (Wildman–Crippen LogP) is 5.22. The summed E-state index contributed by atoms with van der Waals surface area (Å²) in [6, 6.07) is 9.80. The molecule has 0 atom stereocenters. The zero-order valence-corrected chi connectivity index (χ0v) is 18.0. The number of ether oxygens (including phenoxy) is 2.